The molecule has 8 nitrogen and oxygen atoms in total. The van der Waals surface area contributed by atoms with Gasteiger partial charge < -0.3 is 20.1 Å². The van der Waals surface area contributed by atoms with E-state index in [-0.39, 0.29) is 0 Å². The highest BCUT2D eigenvalue weighted by molar-refractivity contribution is 6.32. The van der Waals surface area contributed by atoms with Crippen molar-refractivity contribution in [3.63, 3.8) is 0 Å². The molecule has 2 heterocycles. The normalized spacial score (nSPS) is 10.8. The highest BCUT2D eigenvalue weighted by Crippen LogP contribution is 2.31. The predicted octanol–water partition coefficient (Wildman–Crippen LogP) is 4.52. The molecule has 2 N–H and O–H groups in total. The van der Waals surface area contributed by atoms with Crippen LogP contribution in [0.4, 0.5) is 23.1 Å². The second kappa shape index (κ2) is 7.84. The quantitative estimate of drug-likeness (QED) is 0.483. The number of fused-ring (bicyclic) bond motifs is 1. The van der Waals surface area contributed by atoms with Gasteiger partial charge in [-0.1, -0.05) is 11.6 Å². The van der Waals surface area contributed by atoms with E-state index in [2.05, 4.69) is 25.7 Å². The van der Waals surface area contributed by atoms with E-state index in [4.69, 9.17) is 21.1 Å². The van der Waals surface area contributed by atoms with Crippen LogP contribution in [0, 0.1) is 0 Å². The largest absolute Gasteiger partial charge is 0.497 e. The predicted molar refractivity (Wildman–Crippen MR) is 114 cm³/mol. The third-order valence-electron chi connectivity index (χ3n) is 4.35. The second-order valence-corrected chi connectivity index (χ2v) is 6.64. The van der Waals surface area contributed by atoms with Gasteiger partial charge in [-0.3, -0.25) is 4.68 Å². The fourth-order valence-electron chi connectivity index (χ4n) is 2.86. The van der Waals surface area contributed by atoms with Crippen molar-refractivity contribution in [3.05, 3.63) is 53.7 Å². The van der Waals surface area contributed by atoms with Crippen molar-refractivity contribution in [1.29, 1.82) is 0 Å². The Morgan fingerprint density at radius 1 is 0.931 bits per heavy atom. The van der Waals surface area contributed by atoms with Gasteiger partial charge in [-0.25, -0.2) is 0 Å². The Hall–Kier alpha value is -3.52. The van der Waals surface area contributed by atoms with Crippen molar-refractivity contribution in [2.75, 3.05) is 24.9 Å². The van der Waals surface area contributed by atoms with Gasteiger partial charge in [0, 0.05) is 18.4 Å². The van der Waals surface area contributed by atoms with Crippen LogP contribution in [-0.4, -0.2) is 34.0 Å². The van der Waals surface area contributed by atoms with E-state index in [1.165, 1.54) is 0 Å². The molecule has 4 rings (SSSR count). The molecular formula is C20H19ClN6O2. The number of benzene rings is 2. The Morgan fingerprint density at radius 3 is 2.38 bits per heavy atom. The number of anilines is 4. The Morgan fingerprint density at radius 2 is 1.69 bits per heavy atom. The molecule has 0 radical (unpaired) electrons. The zero-order valence-corrected chi connectivity index (χ0v) is 16.9. The number of aryl methyl sites for hydroxylation is 1. The van der Waals surface area contributed by atoms with Crippen LogP contribution in [-0.2, 0) is 7.05 Å². The van der Waals surface area contributed by atoms with Gasteiger partial charge in [0.15, 0.2) is 5.65 Å². The fraction of sp³-hybridized carbons (Fsp3) is 0.150. The molecule has 2 aromatic heterocycles. The third-order valence-corrected chi connectivity index (χ3v) is 4.65. The maximum atomic E-state index is 6.24. The first-order chi connectivity index (χ1) is 14.1. The number of hydrogen-bond donors (Lipinski definition) is 2. The van der Waals surface area contributed by atoms with Crippen LogP contribution in [0.1, 0.15) is 0 Å². The molecule has 4 aromatic rings. The molecule has 2 aromatic carbocycles. The molecule has 0 spiro atoms. The van der Waals surface area contributed by atoms with Gasteiger partial charge in [-0.05, 0) is 42.5 Å². The van der Waals surface area contributed by atoms with Crippen molar-refractivity contribution < 1.29 is 9.47 Å². The lowest BCUT2D eigenvalue weighted by Gasteiger charge is -2.12. The minimum atomic E-state index is 0.438. The summed E-state index contributed by atoms with van der Waals surface area (Å²) in [6.07, 6.45) is 1.72. The summed E-state index contributed by atoms with van der Waals surface area (Å²) in [7, 11) is 5.04. The lowest BCUT2D eigenvalue weighted by molar-refractivity contribution is 0.415. The summed E-state index contributed by atoms with van der Waals surface area (Å²) in [6, 6.07) is 13.0. The molecule has 0 fully saturated rings. The number of ether oxygens (including phenoxy) is 2. The van der Waals surface area contributed by atoms with Crippen molar-refractivity contribution in [3.8, 4) is 11.5 Å². The summed E-state index contributed by atoms with van der Waals surface area (Å²) in [6.45, 7) is 0. The van der Waals surface area contributed by atoms with Gasteiger partial charge in [-0.15, -0.1) is 0 Å². The molecule has 148 valence electrons. The first-order valence-electron chi connectivity index (χ1n) is 8.79. The highest BCUT2D eigenvalue weighted by atomic mass is 35.5. The summed E-state index contributed by atoms with van der Waals surface area (Å²) in [5.74, 6) is 2.43. The van der Waals surface area contributed by atoms with Crippen LogP contribution >= 0.6 is 11.6 Å². The monoisotopic (exact) mass is 410 g/mol. The molecular weight excluding hydrogens is 392 g/mol. The van der Waals surface area contributed by atoms with E-state index >= 15 is 0 Å². The molecule has 0 aliphatic carbocycles. The Bertz CT molecular complexity index is 1160. The number of aromatic nitrogens is 4. The molecule has 0 aliphatic rings. The highest BCUT2D eigenvalue weighted by Gasteiger charge is 2.13. The molecule has 0 aliphatic heterocycles. The van der Waals surface area contributed by atoms with E-state index in [0.29, 0.717) is 28.2 Å². The lowest BCUT2D eigenvalue weighted by Crippen LogP contribution is -2.03. The molecule has 0 saturated carbocycles. The van der Waals surface area contributed by atoms with Gasteiger partial charge >= 0.3 is 0 Å². The van der Waals surface area contributed by atoms with Crippen molar-refractivity contribution in [1.82, 2.24) is 19.7 Å². The number of nitrogens with one attached hydrogen (secondary N) is 2. The molecule has 0 bridgehead atoms. The number of halogens is 1. The summed E-state index contributed by atoms with van der Waals surface area (Å²) >= 11 is 6.24. The topological polar surface area (TPSA) is 86.1 Å². The van der Waals surface area contributed by atoms with Crippen LogP contribution in [0.25, 0.3) is 11.0 Å². The van der Waals surface area contributed by atoms with Crippen LogP contribution in [0.2, 0.25) is 5.02 Å². The van der Waals surface area contributed by atoms with E-state index in [1.54, 1.807) is 37.2 Å². The van der Waals surface area contributed by atoms with Crippen LogP contribution in [0.3, 0.4) is 0 Å². The fourth-order valence-corrected chi connectivity index (χ4v) is 3.12. The van der Waals surface area contributed by atoms with Crippen molar-refractivity contribution in [2.24, 2.45) is 7.05 Å². The zero-order chi connectivity index (χ0) is 20.4. The number of hydrogen-bond acceptors (Lipinski definition) is 7. The van der Waals surface area contributed by atoms with Crippen LogP contribution in [0.15, 0.2) is 48.7 Å². The smallest absolute Gasteiger partial charge is 0.231 e. The SMILES string of the molecule is COc1ccc(Nc2nc(Nc3ccc(OC)c(Cl)c3)c3cnn(C)c3n2)cc1. The van der Waals surface area contributed by atoms with Crippen molar-refractivity contribution >= 4 is 45.8 Å². The molecule has 29 heavy (non-hydrogen) atoms. The van der Waals surface area contributed by atoms with Crippen LogP contribution < -0.4 is 20.1 Å². The van der Waals surface area contributed by atoms with Gasteiger partial charge in [0.05, 0.1) is 30.8 Å². The number of methoxy groups -OCH3 is 2. The van der Waals surface area contributed by atoms with E-state index in [0.717, 1.165) is 22.5 Å². The molecule has 9 heteroatoms. The summed E-state index contributed by atoms with van der Waals surface area (Å²) < 4.78 is 12.1. The summed E-state index contributed by atoms with van der Waals surface area (Å²) in [4.78, 5) is 9.21. The van der Waals surface area contributed by atoms with E-state index in [1.807, 2.05) is 37.4 Å². The van der Waals surface area contributed by atoms with Gasteiger partial charge in [0.25, 0.3) is 0 Å². The summed E-state index contributed by atoms with van der Waals surface area (Å²) in [5.41, 5.74) is 2.30. The van der Waals surface area contributed by atoms with Crippen LogP contribution in [0.5, 0.6) is 11.5 Å². The standard InChI is InChI=1S/C20H19ClN6O2/c1-27-19-15(11-22-27)18(23-13-6-9-17(29-3)16(21)10-13)25-20(26-19)24-12-4-7-14(28-2)8-5-12/h4-11H,1-3H3,(H2,23,24,25,26). The Balaban J connectivity index is 1.69. The molecule has 0 atom stereocenters. The minimum Gasteiger partial charge on any atom is -0.497 e. The molecule has 0 saturated heterocycles. The Labute approximate surface area is 172 Å². The minimum absolute atomic E-state index is 0.438. The maximum Gasteiger partial charge on any atom is 0.231 e. The van der Waals surface area contributed by atoms with Crippen molar-refractivity contribution in [2.45, 2.75) is 0 Å². The van der Waals surface area contributed by atoms with E-state index < -0.39 is 0 Å². The number of rotatable bonds is 6. The van der Waals surface area contributed by atoms with Gasteiger partial charge in [0.2, 0.25) is 5.95 Å². The molecule has 0 amide bonds. The van der Waals surface area contributed by atoms with E-state index in [9.17, 15) is 0 Å². The zero-order valence-electron chi connectivity index (χ0n) is 16.1. The summed E-state index contributed by atoms with van der Waals surface area (Å²) in [5, 5.41) is 12.1. The average Bonchev–Trinajstić information content (AvgIpc) is 3.10. The number of nitrogens with zero attached hydrogens (tertiary/aromatic N) is 4. The molecule has 0 unspecified atom stereocenters. The third kappa shape index (κ3) is 3.88. The average molecular weight is 411 g/mol. The lowest BCUT2D eigenvalue weighted by atomic mass is 10.3. The Kier molecular flexibility index (Phi) is 5.09. The first-order valence-corrected chi connectivity index (χ1v) is 9.16. The first kappa shape index (κ1) is 18.8. The maximum absolute atomic E-state index is 6.24. The van der Waals surface area contributed by atoms with Gasteiger partial charge in [0.1, 0.15) is 17.3 Å². The van der Waals surface area contributed by atoms with Gasteiger partial charge in [-0.2, -0.15) is 15.1 Å². The second-order valence-electron chi connectivity index (χ2n) is 6.23.